The van der Waals surface area contributed by atoms with E-state index in [2.05, 4.69) is 0 Å². The van der Waals surface area contributed by atoms with Gasteiger partial charge in [-0.25, -0.2) is 4.39 Å². The fourth-order valence-electron chi connectivity index (χ4n) is 1.82. The van der Waals surface area contributed by atoms with Gasteiger partial charge in [0.1, 0.15) is 17.3 Å². The maximum Gasteiger partial charge on any atom is 0.126 e. The molecule has 0 atom stereocenters. The van der Waals surface area contributed by atoms with E-state index in [0.717, 1.165) is 11.1 Å². The molecule has 0 saturated heterocycles. The minimum atomic E-state index is -0.332. The maximum absolute atomic E-state index is 13.3. The van der Waals surface area contributed by atoms with E-state index in [1.165, 1.54) is 19.2 Å². The molecule has 0 saturated carbocycles. The summed E-state index contributed by atoms with van der Waals surface area (Å²) in [6, 6.07) is 9.42. The van der Waals surface area contributed by atoms with E-state index >= 15 is 0 Å². The van der Waals surface area contributed by atoms with Gasteiger partial charge in [-0.1, -0.05) is 6.07 Å². The largest absolute Gasteiger partial charge is 0.508 e. The van der Waals surface area contributed by atoms with Crippen LogP contribution < -0.4 is 4.74 Å². The monoisotopic (exact) mass is 232 g/mol. The van der Waals surface area contributed by atoms with Crippen LogP contribution in [0.2, 0.25) is 0 Å². The fourth-order valence-corrected chi connectivity index (χ4v) is 1.82. The molecule has 88 valence electrons. The zero-order chi connectivity index (χ0) is 12.4. The van der Waals surface area contributed by atoms with Crippen LogP contribution >= 0.6 is 0 Å². The van der Waals surface area contributed by atoms with Gasteiger partial charge in [0.2, 0.25) is 0 Å². The van der Waals surface area contributed by atoms with Crippen LogP contribution in [0.5, 0.6) is 11.5 Å². The molecule has 0 aliphatic rings. The van der Waals surface area contributed by atoms with Gasteiger partial charge in [-0.05, 0) is 48.4 Å². The lowest BCUT2D eigenvalue weighted by Gasteiger charge is -2.10. The lowest BCUT2D eigenvalue weighted by molar-refractivity contribution is 0.415. The van der Waals surface area contributed by atoms with Crippen LogP contribution in [0.1, 0.15) is 5.56 Å². The second-order valence-corrected chi connectivity index (χ2v) is 3.90. The second kappa shape index (κ2) is 4.45. The number of benzene rings is 2. The quantitative estimate of drug-likeness (QED) is 0.858. The van der Waals surface area contributed by atoms with Crippen molar-refractivity contribution < 1.29 is 14.2 Å². The summed E-state index contributed by atoms with van der Waals surface area (Å²) in [5.41, 5.74) is 2.27. The topological polar surface area (TPSA) is 29.5 Å². The van der Waals surface area contributed by atoms with E-state index in [-0.39, 0.29) is 11.6 Å². The van der Waals surface area contributed by atoms with Crippen LogP contribution in [0.25, 0.3) is 11.1 Å². The third-order valence-electron chi connectivity index (χ3n) is 2.53. The molecule has 0 spiro atoms. The van der Waals surface area contributed by atoms with Crippen LogP contribution in [0.4, 0.5) is 4.39 Å². The first-order valence-electron chi connectivity index (χ1n) is 5.25. The molecule has 3 heteroatoms. The zero-order valence-electron chi connectivity index (χ0n) is 9.70. The molecule has 2 aromatic carbocycles. The summed E-state index contributed by atoms with van der Waals surface area (Å²) >= 11 is 0. The predicted octanol–water partition coefficient (Wildman–Crippen LogP) is 3.52. The number of ether oxygens (including phenoxy) is 1. The second-order valence-electron chi connectivity index (χ2n) is 3.90. The smallest absolute Gasteiger partial charge is 0.126 e. The number of hydrogen-bond donors (Lipinski definition) is 1. The van der Waals surface area contributed by atoms with Crippen LogP contribution in [0.3, 0.4) is 0 Å². The summed E-state index contributed by atoms with van der Waals surface area (Å²) in [6.45, 7) is 1.87. The number of aromatic hydroxyl groups is 1. The van der Waals surface area contributed by atoms with Crippen molar-refractivity contribution in [2.45, 2.75) is 6.92 Å². The Labute approximate surface area is 99.3 Å². The Morgan fingerprint density at radius 1 is 1.12 bits per heavy atom. The number of phenolic OH excluding ortho intramolecular Hbond substituents is 1. The van der Waals surface area contributed by atoms with Gasteiger partial charge in [0.15, 0.2) is 0 Å². The predicted molar refractivity (Wildman–Crippen MR) is 64.8 cm³/mol. The van der Waals surface area contributed by atoms with E-state index in [4.69, 9.17) is 4.74 Å². The molecule has 2 nitrogen and oxygen atoms in total. The molecule has 2 rings (SSSR count). The summed E-state index contributed by atoms with van der Waals surface area (Å²) in [7, 11) is 1.53. The van der Waals surface area contributed by atoms with Crippen molar-refractivity contribution >= 4 is 0 Å². The number of phenols is 1. The van der Waals surface area contributed by atoms with Gasteiger partial charge in [0, 0.05) is 5.56 Å². The third-order valence-corrected chi connectivity index (χ3v) is 2.53. The van der Waals surface area contributed by atoms with Gasteiger partial charge in [0.05, 0.1) is 7.11 Å². The van der Waals surface area contributed by atoms with Crippen molar-refractivity contribution in [1.29, 1.82) is 0 Å². The molecule has 0 radical (unpaired) electrons. The third kappa shape index (κ3) is 2.38. The molecular weight excluding hydrogens is 219 g/mol. The zero-order valence-corrected chi connectivity index (χ0v) is 9.70. The number of rotatable bonds is 2. The minimum Gasteiger partial charge on any atom is -0.508 e. The Hall–Kier alpha value is -2.03. The van der Waals surface area contributed by atoms with Crippen molar-refractivity contribution in [3.05, 3.63) is 47.8 Å². The highest BCUT2D eigenvalue weighted by Gasteiger charge is 2.08. The highest BCUT2D eigenvalue weighted by Crippen LogP contribution is 2.33. The molecule has 0 aromatic heterocycles. The first kappa shape index (κ1) is 11.5. The number of hydrogen-bond acceptors (Lipinski definition) is 2. The maximum atomic E-state index is 13.3. The number of methoxy groups -OCH3 is 1. The summed E-state index contributed by atoms with van der Waals surface area (Å²) < 4.78 is 18.4. The molecule has 0 unspecified atom stereocenters. The molecule has 0 aliphatic carbocycles. The SMILES string of the molecule is COc1ccc(F)cc1-c1cc(C)cc(O)c1. The standard InChI is InChI=1S/C14H13FO2/c1-9-5-10(7-12(16)6-9)13-8-11(15)3-4-14(13)17-2/h3-8,16H,1-2H3. The van der Waals surface area contributed by atoms with E-state index in [0.29, 0.717) is 11.3 Å². The Morgan fingerprint density at radius 3 is 2.53 bits per heavy atom. The van der Waals surface area contributed by atoms with Gasteiger partial charge in [0.25, 0.3) is 0 Å². The Bertz CT molecular complexity index is 530. The van der Waals surface area contributed by atoms with E-state index < -0.39 is 0 Å². The number of halogens is 1. The van der Waals surface area contributed by atoms with Crippen molar-refractivity contribution in [2.24, 2.45) is 0 Å². The van der Waals surface area contributed by atoms with Crippen molar-refractivity contribution in [1.82, 2.24) is 0 Å². The first-order chi connectivity index (χ1) is 8.10. The molecule has 2 aromatic rings. The summed E-state index contributed by atoms with van der Waals surface area (Å²) in [5, 5.41) is 9.55. The van der Waals surface area contributed by atoms with E-state index in [1.54, 1.807) is 18.2 Å². The first-order valence-corrected chi connectivity index (χ1v) is 5.25. The Morgan fingerprint density at radius 2 is 1.88 bits per heavy atom. The average molecular weight is 232 g/mol. The van der Waals surface area contributed by atoms with Gasteiger partial charge < -0.3 is 9.84 Å². The van der Waals surface area contributed by atoms with Gasteiger partial charge >= 0.3 is 0 Å². The van der Waals surface area contributed by atoms with E-state index in [1.807, 2.05) is 13.0 Å². The summed E-state index contributed by atoms with van der Waals surface area (Å²) in [4.78, 5) is 0. The van der Waals surface area contributed by atoms with Crippen molar-refractivity contribution in [2.75, 3.05) is 7.11 Å². The highest BCUT2D eigenvalue weighted by atomic mass is 19.1. The Kier molecular flexibility index (Phi) is 3.00. The average Bonchev–Trinajstić information content (AvgIpc) is 2.27. The van der Waals surface area contributed by atoms with Crippen LogP contribution in [-0.2, 0) is 0 Å². The summed E-state index contributed by atoms with van der Waals surface area (Å²) in [6.07, 6.45) is 0. The van der Waals surface area contributed by atoms with Crippen LogP contribution in [0, 0.1) is 12.7 Å². The highest BCUT2D eigenvalue weighted by molar-refractivity contribution is 5.72. The van der Waals surface area contributed by atoms with Gasteiger partial charge in [-0.3, -0.25) is 0 Å². The van der Waals surface area contributed by atoms with Crippen molar-refractivity contribution in [3.8, 4) is 22.6 Å². The molecular formula is C14H13FO2. The van der Waals surface area contributed by atoms with Crippen molar-refractivity contribution in [3.63, 3.8) is 0 Å². The van der Waals surface area contributed by atoms with Gasteiger partial charge in [-0.2, -0.15) is 0 Å². The normalized spacial score (nSPS) is 10.3. The Balaban J connectivity index is 2.62. The lowest BCUT2D eigenvalue weighted by Crippen LogP contribution is -1.89. The molecule has 1 N–H and O–H groups in total. The minimum absolute atomic E-state index is 0.159. The van der Waals surface area contributed by atoms with Crippen LogP contribution in [0.15, 0.2) is 36.4 Å². The molecule has 17 heavy (non-hydrogen) atoms. The molecule has 0 amide bonds. The molecule has 0 heterocycles. The molecule has 0 bridgehead atoms. The van der Waals surface area contributed by atoms with E-state index in [9.17, 15) is 9.50 Å². The molecule has 0 aliphatic heterocycles. The van der Waals surface area contributed by atoms with Gasteiger partial charge in [-0.15, -0.1) is 0 Å². The summed E-state index contributed by atoms with van der Waals surface area (Å²) in [5.74, 6) is 0.407. The fraction of sp³-hybridized carbons (Fsp3) is 0.143. The number of aryl methyl sites for hydroxylation is 1. The molecule has 0 fully saturated rings. The lowest BCUT2D eigenvalue weighted by atomic mass is 10.0. The van der Waals surface area contributed by atoms with Crippen LogP contribution in [-0.4, -0.2) is 12.2 Å².